The van der Waals surface area contributed by atoms with E-state index in [0.29, 0.717) is 18.0 Å². The SMILES string of the molecule is CO/C=C\n1nc(C)c(=O)cc1COC. The summed E-state index contributed by atoms with van der Waals surface area (Å²) in [6, 6.07) is 1.51. The molecule has 0 spiro atoms. The van der Waals surface area contributed by atoms with Gasteiger partial charge in [-0.15, -0.1) is 0 Å². The van der Waals surface area contributed by atoms with E-state index < -0.39 is 0 Å². The van der Waals surface area contributed by atoms with Crippen molar-refractivity contribution in [3.63, 3.8) is 0 Å². The Balaban J connectivity index is 3.15. The molecular weight excluding hydrogens is 196 g/mol. The molecule has 0 aliphatic rings. The third-order valence-electron chi connectivity index (χ3n) is 1.84. The first-order chi connectivity index (χ1) is 7.19. The number of nitrogens with zero attached hydrogens (tertiary/aromatic N) is 2. The average Bonchev–Trinajstić information content (AvgIpc) is 2.21. The number of aromatic nitrogens is 2. The minimum absolute atomic E-state index is 0.0934. The molecule has 1 aromatic rings. The summed E-state index contributed by atoms with van der Waals surface area (Å²) in [5.74, 6) is 0. The highest BCUT2D eigenvalue weighted by molar-refractivity contribution is 5.23. The first-order valence-corrected chi connectivity index (χ1v) is 4.46. The first kappa shape index (κ1) is 11.5. The van der Waals surface area contributed by atoms with Crippen LogP contribution in [0.1, 0.15) is 11.4 Å². The Bertz CT molecular complexity index is 410. The molecule has 1 aromatic heterocycles. The maximum atomic E-state index is 11.4. The normalized spacial score (nSPS) is 10.9. The molecule has 5 nitrogen and oxygen atoms in total. The van der Waals surface area contributed by atoms with Crippen molar-refractivity contribution < 1.29 is 9.47 Å². The number of hydrogen-bond donors (Lipinski definition) is 0. The summed E-state index contributed by atoms with van der Waals surface area (Å²) in [6.45, 7) is 1.99. The van der Waals surface area contributed by atoms with Crippen molar-refractivity contribution in [1.29, 1.82) is 0 Å². The molecule has 5 heteroatoms. The fourth-order valence-electron chi connectivity index (χ4n) is 1.10. The lowest BCUT2D eigenvalue weighted by atomic mass is 10.3. The number of aryl methyl sites for hydroxylation is 1. The molecule has 82 valence electrons. The lowest BCUT2D eigenvalue weighted by Crippen LogP contribution is -2.16. The van der Waals surface area contributed by atoms with Crippen molar-refractivity contribution in [3.05, 3.63) is 33.9 Å². The second-order valence-corrected chi connectivity index (χ2v) is 2.98. The van der Waals surface area contributed by atoms with E-state index in [-0.39, 0.29) is 5.43 Å². The molecule has 0 saturated heterocycles. The Kier molecular flexibility index (Phi) is 4.05. The Morgan fingerprint density at radius 1 is 1.53 bits per heavy atom. The maximum Gasteiger partial charge on any atom is 0.203 e. The van der Waals surface area contributed by atoms with Gasteiger partial charge in [0, 0.05) is 13.2 Å². The third-order valence-corrected chi connectivity index (χ3v) is 1.84. The van der Waals surface area contributed by atoms with E-state index in [1.54, 1.807) is 32.0 Å². The Morgan fingerprint density at radius 2 is 2.27 bits per heavy atom. The number of methoxy groups -OCH3 is 2. The van der Waals surface area contributed by atoms with Crippen molar-refractivity contribution in [2.45, 2.75) is 13.5 Å². The van der Waals surface area contributed by atoms with Gasteiger partial charge in [-0.1, -0.05) is 0 Å². The largest absolute Gasteiger partial charge is 0.503 e. The van der Waals surface area contributed by atoms with Crippen LogP contribution in [0.3, 0.4) is 0 Å². The smallest absolute Gasteiger partial charge is 0.203 e. The summed E-state index contributed by atoms with van der Waals surface area (Å²) >= 11 is 0. The van der Waals surface area contributed by atoms with Crippen LogP contribution in [0.5, 0.6) is 0 Å². The van der Waals surface area contributed by atoms with Crippen molar-refractivity contribution in [3.8, 4) is 0 Å². The molecule has 0 atom stereocenters. The van der Waals surface area contributed by atoms with Gasteiger partial charge in [0.2, 0.25) is 5.43 Å². The summed E-state index contributed by atoms with van der Waals surface area (Å²) in [4.78, 5) is 11.4. The predicted octanol–water partition coefficient (Wildman–Crippen LogP) is 0.773. The van der Waals surface area contributed by atoms with Gasteiger partial charge in [0.05, 0.1) is 25.6 Å². The Hall–Kier alpha value is -1.62. The molecule has 0 radical (unpaired) electrons. The van der Waals surface area contributed by atoms with Gasteiger partial charge in [-0.25, -0.2) is 4.68 Å². The van der Waals surface area contributed by atoms with Crippen molar-refractivity contribution >= 4 is 6.20 Å². The van der Waals surface area contributed by atoms with Crippen molar-refractivity contribution in [2.24, 2.45) is 0 Å². The van der Waals surface area contributed by atoms with Gasteiger partial charge in [-0.05, 0) is 6.92 Å². The van der Waals surface area contributed by atoms with Gasteiger partial charge in [0.15, 0.2) is 0 Å². The fourth-order valence-corrected chi connectivity index (χ4v) is 1.10. The second-order valence-electron chi connectivity index (χ2n) is 2.98. The van der Waals surface area contributed by atoms with Crippen LogP contribution in [0.2, 0.25) is 0 Å². The zero-order chi connectivity index (χ0) is 11.3. The van der Waals surface area contributed by atoms with E-state index in [0.717, 1.165) is 0 Å². The van der Waals surface area contributed by atoms with Crippen LogP contribution >= 0.6 is 0 Å². The molecule has 0 aliphatic carbocycles. The molecule has 0 amide bonds. The summed E-state index contributed by atoms with van der Waals surface area (Å²) in [5, 5.41) is 4.09. The van der Waals surface area contributed by atoms with E-state index in [1.165, 1.54) is 12.3 Å². The molecule has 0 saturated carbocycles. The van der Waals surface area contributed by atoms with Crippen LogP contribution in [-0.4, -0.2) is 24.0 Å². The van der Waals surface area contributed by atoms with Crippen molar-refractivity contribution in [2.75, 3.05) is 14.2 Å². The van der Waals surface area contributed by atoms with Crippen LogP contribution in [0.4, 0.5) is 0 Å². The zero-order valence-electron chi connectivity index (χ0n) is 9.06. The van der Waals surface area contributed by atoms with Crippen molar-refractivity contribution in [1.82, 2.24) is 9.78 Å². The monoisotopic (exact) mass is 210 g/mol. The molecule has 0 aromatic carbocycles. The van der Waals surface area contributed by atoms with Gasteiger partial charge >= 0.3 is 0 Å². The van der Waals surface area contributed by atoms with Gasteiger partial charge in [0.25, 0.3) is 0 Å². The molecule has 0 N–H and O–H groups in total. The summed E-state index contributed by atoms with van der Waals surface area (Å²) in [6.07, 6.45) is 3.11. The molecule has 1 rings (SSSR count). The van der Waals surface area contributed by atoms with E-state index in [4.69, 9.17) is 9.47 Å². The van der Waals surface area contributed by atoms with Crippen LogP contribution < -0.4 is 5.43 Å². The van der Waals surface area contributed by atoms with E-state index >= 15 is 0 Å². The standard InChI is InChI=1S/C10H14N2O3/c1-8-10(13)6-9(7-15-3)12(11-8)4-5-14-2/h4-6H,7H2,1-3H3/b5-4-. The molecule has 1 heterocycles. The molecule has 0 fully saturated rings. The highest BCUT2D eigenvalue weighted by Gasteiger charge is 2.03. The highest BCUT2D eigenvalue weighted by Crippen LogP contribution is 1.99. The van der Waals surface area contributed by atoms with Gasteiger partial charge in [0.1, 0.15) is 12.0 Å². The first-order valence-electron chi connectivity index (χ1n) is 4.46. The second kappa shape index (κ2) is 5.31. The quantitative estimate of drug-likeness (QED) is 0.689. The van der Waals surface area contributed by atoms with Gasteiger partial charge in [-0.2, -0.15) is 5.10 Å². The molecule has 0 aliphatic heterocycles. The molecular formula is C10H14N2O3. The third kappa shape index (κ3) is 2.92. The maximum absolute atomic E-state index is 11.4. The lowest BCUT2D eigenvalue weighted by molar-refractivity contribution is 0.178. The number of hydrogen-bond acceptors (Lipinski definition) is 4. The minimum atomic E-state index is -0.0934. The number of rotatable bonds is 4. The fraction of sp³-hybridized carbons (Fsp3) is 0.400. The molecule has 0 bridgehead atoms. The van der Waals surface area contributed by atoms with E-state index in [9.17, 15) is 4.79 Å². The predicted molar refractivity (Wildman–Crippen MR) is 56.3 cm³/mol. The van der Waals surface area contributed by atoms with E-state index in [2.05, 4.69) is 5.10 Å². The Morgan fingerprint density at radius 3 is 2.87 bits per heavy atom. The lowest BCUT2D eigenvalue weighted by Gasteiger charge is -2.07. The van der Waals surface area contributed by atoms with E-state index in [1.807, 2.05) is 0 Å². The van der Waals surface area contributed by atoms with Crippen LogP contribution in [0.25, 0.3) is 6.20 Å². The number of ether oxygens (including phenoxy) is 2. The zero-order valence-corrected chi connectivity index (χ0v) is 9.06. The summed E-state index contributed by atoms with van der Waals surface area (Å²) in [7, 11) is 3.11. The van der Waals surface area contributed by atoms with Crippen LogP contribution in [0.15, 0.2) is 17.1 Å². The highest BCUT2D eigenvalue weighted by atomic mass is 16.5. The van der Waals surface area contributed by atoms with Gasteiger partial charge < -0.3 is 9.47 Å². The summed E-state index contributed by atoms with van der Waals surface area (Å²) < 4.78 is 11.3. The molecule has 15 heavy (non-hydrogen) atoms. The average molecular weight is 210 g/mol. The van der Waals surface area contributed by atoms with Gasteiger partial charge in [-0.3, -0.25) is 4.79 Å². The topological polar surface area (TPSA) is 53.4 Å². The van der Waals surface area contributed by atoms with Crippen LogP contribution in [0, 0.1) is 6.92 Å². The minimum Gasteiger partial charge on any atom is -0.503 e. The summed E-state index contributed by atoms with van der Waals surface area (Å²) in [5.41, 5.74) is 1.03. The molecule has 0 unspecified atom stereocenters. The van der Waals surface area contributed by atoms with Crippen LogP contribution in [-0.2, 0) is 16.1 Å². The Labute approximate surface area is 87.9 Å².